The summed E-state index contributed by atoms with van der Waals surface area (Å²) in [4.78, 5) is 0. The van der Waals surface area contributed by atoms with Gasteiger partial charge in [-0.2, -0.15) is 13.5 Å². The maximum Gasteiger partial charge on any atom is 0.0223 e. The molecular weight excluding hydrogens is 163 g/mol. The van der Waals surface area contributed by atoms with Crippen molar-refractivity contribution in [2.75, 3.05) is 5.88 Å². The summed E-state index contributed by atoms with van der Waals surface area (Å²) < 4.78 is 0. The first-order valence-corrected chi connectivity index (χ1v) is 3.01. The zero-order chi connectivity index (χ0) is 4.83. The molecule has 0 atom stereocenters. The molecule has 0 saturated carbocycles. The molecule has 0 fully saturated rings. The molecule has 0 heterocycles. The summed E-state index contributed by atoms with van der Waals surface area (Å²) in [6, 6.07) is 0. The highest BCUT2D eigenvalue weighted by Crippen LogP contribution is 1.93. The minimum Gasteiger partial charge on any atom is -0.197 e. The van der Waals surface area contributed by atoms with Gasteiger partial charge in [0.15, 0.2) is 0 Å². The number of rotatable bonds is 3. The van der Waals surface area contributed by atoms with Gasteiger partial charge in [0.1, 0.15) is 0 Å². The molecule has 0 radical (unpaired) electrons. The fourth-order valence-electron chi connectivity index (χ4n) is 0.344. The first-order valence-electron chi connectivity index (χ1n) is 2.47. The Bertz CT molecular complexity index is 22.4. The Morgan fingerprint density at radius 3 is 1.88 bits per heavy atom. The fraction of sp³-hybridized carbons (Fsp3) is 1.00. The van der Waals surface area contributed by atoms with Crippen LogP contribution in [0.15, 0.2) is 0 Å². The van der Waals surface area contributed by atoms with Gasteiger partial charge >= 0.3 is 0 Å². The second kappa shape index (κ2) is 15.7. The topological polar surface area (TPSA) is 0 Å². The fourth-order valence-corrected chi connectivity index (χ4v) is 0.533. The van der Waals surface area contributed by atoms with Gasteiger partial charge in [-0.1, -0.05) is 19.8 Å². The third-order valence-electron chi connectivity index (χ3n) is 0.737. The first-order chi connectivity index (χ1) is 2.91. The minimum atomic E-state index is 0. The SMILES string of the molecule is CCCCCCl.Cl.S. The molecule has 0 aliphatic heterocycles. The number of halogens is 2. The van der Waals surface area contributed by atoms with Crippen molar-refractivity contribution in [1.82, 2.24) is 0 Å². The molecule has 0 aromatic heterocycles. The van der Waals surface area contributed by atoms with E-state index in [2.05, 4.69) is 6.92 Å². The molecule has 0 N–H and O–H groups in total. The highest BCUT2D eigenvalue weighted by Gasteiger charge is 1.76. The predicted molar refractivity (Wildman–Crippen MR) is 47.9 cm³/mol. The van der Waals surface area contributed by atoms with Crippen LogP contribution in [0.3, 0.4) is 0 Å². The van der Waals surface area contributed by atoms with E-state index in [0.29, 0.717) is 0 Å². The Balaban J connectivity index is -0.000000125. The molecular formula is C5H14Cl2S. The third kappa shape index (κ3) is 15.8. The van der Waals surface area contributed by atoms with Crippen molar-refractivity contribution < 1.29 is 0 Å². The van der Waals surface area contributed by atoms with Gasteiger partial charge in [0.2, 0.25) is 0 Å². The quantitative estimate of drug-likeness (QED) is 0.459. The lowest BCUT2D eigenvalue weighted by molar-refractivity contribution is 0.776. The molecule has 0 saturated heterocycles. The van der Waals surface area contributed by atoms with Crippen LogP contribution in [0.5, 0.6) is 0 Å². The molecule has 8 heavy (non-hydrogen) atoms. The normalized spacial score (nSPS) is 6.75. The molecule has 0 spiro atoms. The average Bonchev–Trinajstić information content (AvgIpc) is 1.61. The van der Waals surface area contributed by atoms with E-state index in [1.165, 1.54) is 19.3 Å². The molecule has 0 amide bonds. The summed E-state index contributed by atoms with van der Waals surface area (Å²) in [7, 11) is 0. The van der Waals surface area contributed by atoms with Crippen LogP contribution in [0.4, 0.5) is 0 Å². The van der Waals surface area contributed by atoms with Crippen LogP contribution in [0.2, 0.25) is 0 Å². The number of hydrogen-bond donors (Lipinski definition) is 0. The lowest BCUT2D eigenvalue weighted by Gasteiger charge is -1.84. The van der Waals surface area contributed by atoms with Crippen LogP contribution < -0.4 is 0 Å². The summed E-state index contributed by atoms with van der Waals surface area (Å²) in [5.41, 5.74) is 0. The minimum absolute atomic E-state index is 0. The summed E-state index contributed by atoms with van der Waals surface area (Å²) in [5.74, 6) is 0.827. The Morgan fingerprint density at radius 1 is 1.25 bits per heavy atom. The molecule has 54 valence electrons. The molecule has 0 aromatic rings. The van der Waals surface area contributed by atoms with Crippen molar-refractivity contribution in [3.63, 3.8) is 0 Å². The van der Waals surface area contributed by atoms with E-state index in [9.17, 15) is 0 Å². The maximum atomic E-state index is 5.38. The van der Waals surface area contributed by atoms with Crippen LogP contribution in [0, 0.1) is 0 Å². The van der Waals surface area contributed by atoms with Gasteiger partial charge in [-0.3, -0.25) is 0 Å². The van der Waals surface area contributed by atoms with Crippen LogP contribution in [0.1, 0.15) is 26.2 Å². The van der Waals surface area contributed by atoms with Gasteiger partial charge in [-0.25, -0.2) is 0 Å². The third-order valence-corrected chi connectivity index (χ3v) is 1.00. The van der Waals surface area contributed by atoms with Crippen molar-refractivity contribution in [1.29, 1.82) is 0 Å². The molecule has 0 rings (SSSR count). The van der Waals surface area contributed by atoms with Crippen LogP contribution in [-0.4, -0.2) is 5.88 Å². The van der Waals surface area contributed by atoms with E-state index in [0.717, 1.165) is 5.88 Å². The second-order valence-electron chi connectivity index (χ2n) is 1.40. The predicted octanol–water partition coefficient (Wildman–Crippen LogP) is 2.95. The van der Waals surface area contributed by atoms with Crippen molar-refractivity contribution in [2.24, 2.45) is 0 Å². The highest BCUT2D eigenvalue weighted by molar-refractivity contribution is 7.59. The van der Waals surface area contributed by atoms with Gasteiger partial charge in [0, 0.05) is 5.88 Å². The van der Waals surface area contributed by atoms with E-state index >= 15 is 0 Å². The van der Waals surface area contributed by atoms with E-state index < -0.39 is 0 Å². The number of unbranched alkanes of at least 4 members (excludes halogenated alkanes) is 2. The standard InChI is InChI=1S/C5H11Cl.ClH.H2S/c1-2-3-4-5-6;;/h2-5H2,1H3;1H;1H2. The van der Waals surface area contributed by atoms with Gasteiger partial charge < -0.3 is 0 Å². The van der Waals surface area contributed by atoms with Gasteiger partial charge in [-0.15, -0.1) is 24.0 Å². The van der Waals surface area contributed by atoms with Gasteiger partial charge in [0.05, 0.1) is 0 Å². The van der Waals surface area contributed by atoms with Gasteiger partial charge in [0.25, 0.3) is 0 Å². The molecule has 0 unspecified atom stereocenters. The lowest BCUT2D eigenvalue weighted by Crippen LogP contribution is -1.70. The monoisotopic (exact) mass is 176 g/mol. The van der Waals surface area contributed by atoms with E-state index in [1.54, 1.807) is 0 Å². The second-order valence-corrected chi connectivity index (χ2v) is 1.77. The summed E-state index contributed by atoms with van der Waals surface area (Å²) >= 11 is 5.38. The van der Waals surface area contributed by atoms with E-state index in [1.807, 2.05) is 0 Å². The van der Waals surface area contributed by atoms with Gasteiger partial charge in [-0.05, 0) is 6.42 Å². The Morgan fingerprint density at radius 2 is 1.75 bits per heavy atom. The van der Waals surface area contributed by atoms with Crippen molar-refractivity contribution in [3.05, 3.63) is 0 Å². The average molecular weight is 177 g/mol. The van der Waals surface area contributed by atoms with Crippen LogP contribution >= 0.6 is 37.5 Å². The van der Waals surface area contributed by atoms with Crippen molar-refractivity contribution in [3.8, 4) is 0 Å². The lowest BCUT2D eigenvalue weighted by atomic mass is 10.3. The summed E-state index contributed by atoms with van der Waals surface area (Å²) in [5, 5.41) is 0. The zero-order valence-electron chi connectivity index (χ0n) is 5.11. The Labute approximate surface area is 69.8 Å². The largest absolute Gasteiger partial charge is 0.197 e. The molecule has 0 aliphatic carbocycles. The van der Waals surface area contributed by atoms with Crippen molar-refractivity contribution in [2.45, 2.75) is 26.2 Å². The first kappa shape index (κ1) is 16.0. The van der Waals surface area contributed by atoms with Crippen molar-refractivity contribution >= 4 is 37.5 Å². The molecule has 0 aliphatic rings. The number of hydrogen-bond acceptors (Lipinski definition) is 0. The highest BCUT2D eigenvalue weighted by atomic mass is 35.5. The van der Waals surface area contributed by atoms with E-state index in [-0.39, 0.29) is 25.9 Å². The molecule has 0 aromatic carbocycles. The maximum absolute atomic E-state index is 5.38. The number of alkyl halides is 1. The molecule has 0 nitrogen and oxygen atoms in total. The zero-order valence-corrected chi connectivity index (χ0v) is 7.69. The Hall–Kier alpha value is 0.930. The summed E-state index contributed by atoms with van der Waals surface area (Å²) in [6.07, 6.45) is 3.73. The Kier molecular flexibility index (Phi) is 31.3. The summed E-state index contributed by atoms with van der Waals surface area (Å²) in [6.45, 7) is 2.17. The van der Waals surface area contributed by atoms with E-state index in [4.69, 9.17) is 11.6 Å². The molecule has 3 heteroatoms. The smallest absolute Gasteiger partial charge is 0.0223 e. The van der Waals surface area contributed by atoms with Crippen LogP contribution in [-0.2, 0) is 0 Å². The molecule has 0 bridgehead atoms. The van der Waals surface area contributed by atoms with Crippen LogP contribution in [0.25, 0.3) is 0 Å².